The molecule has 0 saturated carbocycles. The number of rotatable bonds is 5. The summed E-state index contributed by atoms with van der Waals surface area (Å²) in [5.41, 5.74) is 3.25. The van der Waals surface area contributed by atoms with E-state index in [4.69, 9.17) is 5.11 Å². The monoisotopic (exact) mass is 329 g/mol. The Labute approximate surface area is 139 Å². The Kier molecular flexibility index (Phi) is 4.82. The van der Waals surface area contributed by atoms with Gasteiger partial charge in [0.15, 0.2) is 0 Å². The second-order valence-corrected chi connectivity index (χ2v) is 5.79. The van der Waals surface area contributed by atoms with E-state index in [1.165, 1.54) is 0 Å². The molecule has 0 radical (unpaired) electrons. The summed E-state index contributed by atoms with van der Waals surface area (Å²) in [5.74, 6) is -1.34. The summed E-state index contributed by atoms with van der Waals surface area (Å²) in [5, 5.41) is 23.4. The van der Waals surface area contributed by atoms with Gasteiger partial charge in [0.25, 0.3) is 0 Å². The molecule has 1 atom stereocenters. The highest BCUT2D eigenvalue weighted by atomic mass is 16.6. The molecule has 0 bridgehead atoms. The summed E-state index contributed by atoms with van der Waals surface area (Å²) in [7, 11) is 0. The van der Waals surface area contributed by atoms with Crippen molar-refractivity contribution in [1.82, 2.24) is 4.98 Å². The third-order valence-corrected chi connectivity index (χ3v) is 3.86. The van der Waals surface area contributed by atoms with Crippen LogP contribution in [0.25, 0.3) is 0 Å². The van der Waals surface area contributed by atoms with E-state index in [0.29, 0.717) is 22.5 Å². The van der Waals surface area contributed by atoms with Crippen LogP contribution < -0.4 is 5.32 Å². The number of pyridine rings is 1. The van der Waals surface area contributed by atoms with E-state index in [1.54, 1.807) is 45.0 Å². The number of aliphatic carboxylic acids is 1. The summed E-state index contributed by atoms with van der Waals surface area (Å²) in [4.78, 5) is 26.2. The molecule has 2 rings (SSSR count). The van der Waals surface area contributed by atoms with Crippen molar-refractivity contribution in [3.05, 3.63) is 56.8 Å². The molecule has 0 saturated heterocycles. The summed E-state index contributed by atoms with van der Waals surface area (Å²) >= 11 is 0. The number of hydrogen-bond donors (Lipinski definition) is 2. The Morgan fingerprint density at radius 1 is 1.25 bits per heavy atom. The van der Waals surface area contributed by atoms with E-state index in [-0.39, 0.29) is 11.5 Å². The maximum Gasteiger partial charge on any atom is 0.314 e. The molecule has 7 heteroatoms. The van der Waals surface area contributed by atoms with Crippen molar-refractivity contribution < 1.29 is 14.8 Å². The average Bonchev–Trinajstić information content (AvgIpc) is 2.45. The highest BCUT2D eigenvalue weighted by Crippen LogP contribution is 2.31. The zero-order chi connectivity index (χ0) is 18.0. The first-order valence-corrected chi connectivity index (χ1v) is 7.43. The molecule has 0 spiro atoms. The van der Waals surface area contributed by atoms with E-state index < -0.39 is 16.8 Å². The molecule has 0 aliphatic carbocycles. The fourth-order valence-corrected chi connectivity index (χ4v) is 2.66. The lowest BCUT2D eigenvalue weighted by Gasteiger charge is -2.13. The van der Waals surface area contributed by atoms with Crippen molar-refractivity contribution in [3.63, 3.8) is 0 Å². The van der Waals surface area contributed by atoms with E-state index in [1.807, 2.05) is 6.92 Å². The predicted octanol–water partition coefficient (Wildman–Crippen LogP) is 3.85. The van der Waals surface area contributed by atoms with Gasteiger partial charge < -0.3 is 10.4 Å². The number of nitrogens with zero attached hydrogens (tertiary/aromatic N) is 2. The minimum absolute atomic E-state index is 0.0683. The van der Waals surface area contributed by atoms with Crippen LogP contribution in [0, 0.1) is 30.9 Å². The Hall–Kier alpha value is -2.96. The van der Waals surface area contributed by atoms with Gasteiger partial charge in [-0.2, -0.15) is 0 Å². The number of carbonyl (C=O) groups is 1. The average molecular weight is 329 g/mol. The zero-order valence-electron chi connectivity index (χ0n) is 14.0. The van der Waals surface area contributed by atoms with Crippen LogP contribution >= 0.6 is 0 Å². The molecule has 126 valence electrons. The number of nitro groups is 1. The summed E-state index contributed by atoms with van der Waals surface area (Å²) in [6, 6.07) is 6.83. The van der Waals surface area contributed by atoms with Crippen LogP contribution in [0.1, 0.15) is 35.2 Å². The van der Waals surface area contributed by atoms with Gasteiger partial charge >= 0.3 is 11.7 Å². The van der Waals surface area contributed by atoms with E-state index in [2.05, 4.69) is 10.3 Å². The summed E-state index contributed by atoms with van der Waals surface area (Å²) in [6.07, 6.45) is 0. The minimum Gasteiger partial charge on any atom is -0.481 e. The van der Waals surface area contributed by atoms with Crippen LogP contribution in [-0.2, 0) is 4.79 Å². The zero-order valence-corrected chi connectivity index (χ0v) is 14.0. The highest BCUT2D eigenvalue weighted by Gasteiger charge is 2.21. The molecule has 1 heterocycles. The van der Waals surface area contributed by atoms with Gasteiger partial charge in [0.05, 0.1) is 10.8 Å². The first-order valence-electron chi connectivity index (χ1n) is 7.43. The number of benzene rings is 1. The van der Waals surface area contributed by atoms with Crippen LogP contribution in [-0.4, -0.2) is 21.0 Å². The Morgan fingerprint density at radius 2 is 1.92 bits per heavy atom. The van der Waals surface area contributed by atoms with Crippen LogP contribution in [0.3, 0.4) is 0 Å². The number of aryl methyl sites for hydroxylation is 3. The lowest BCUT2D eigenvalue weighted by Crippen LogP contribution is -2.09. The van der Waals surface area contributed by atoms with Crippen molar-refractivity contribution >= 4 is 23.2 Å². The molecule has 1 aromatic carbocycles. The van der Waals surface area contributed by atoms with Gasteiger partial charge in [-0.15, -0.1) is 0 Å². The molecule has 0 fully saturated rings. The fraction of sp³-hybridized carbons (Fsp3) is 0.294. The summed E-state index contributed by atoms with van der Waals surface area (Å²) < 4.78 is 0. The van der Waals surface area contributed by atoms with Crippen molar-refractivity contribution in [2.45, 2.75) is 33.6 Å². The molecular weight excluding hydrogens is 310 g/mol. The van der Waals surface area contributed by atoms with Crippen LogP contribution in [0.15, 0.2) is 24.3 Å². The lowest BCUT2D eigenvalue weighted by molar-refractivity contribution is -0.384. The van der Waals surface area contributed by atoms with Gasteiger partial charge in [-0.1, -0.05) is 6.07 Å². The van der Waals surface area contributed by atoms with E-state index >= 15 is 0 Å². The van der Waals surface area contributed by atoms with Gasteiger partial charge in [-0.05, 0) is 57.0 Å². The molecule has 0 aliphatic rings. The van der Waals surface area contributed by atoms with Crippen LogP contribution in [0.5, 0.6) is 0 Å². The number of nitrogens with one attached hydrogen (secondary N) is 1. The molecular formula is C17H19N3O4. The molecule has 2 aromatic rings. The van der Waals surface area contributed by atoms with E-state index in [9.17, 15) is 14.9 Å². The summed E-state index contributed by atoms with van der Waals surface area (Å²) in [6.45, 7) is 6.86. The van der Waals surface area contributed by atoms with Crippen LogP contribution in [0.2, 0.25) is 0 Å². The van der Waals surface area contributed by atoms with Crippen molar-refractivity contribution in [3.8, 4) is 0 Å². The second kappa shape index (κ2) is 6.66. The molecule has 1 aromatic heterocycles. The standard InChI is InChI=1S/C17H19N3O4/c1-9-8-13(5-6-14(9)12(4)17(21)22)19-16-15(20(23)24)10(2)7-11(3)18-16/h5-8,12H,1-4H3,(H,18,19)(H,21,22). The number of anilines is 2. The fourth-order valence-electron chi connectivity index (χ4n) is 2.66. The SMILES string of the molecule is Cc1cc(C)c([N+](=O)[O-])c(Nc2ccc(C(C)C(=O)O)c(C)c2)n1. The predicted molar refractivity (Wildman–Crippen MR) is 90.9 cm³/mol. The lowest BCUT2D eigenvalue weighted by atomic mass is 9.96. The number of carboxylic acid groups (broad SMARTS) is 1. The third-order valence-electron chi connectivity index (χ3n) is 3.86. The number of carboxylic acids is 1. The Morgan fingerprint density at radius 3 is 2.46 bits per heavy atom. The Bertz CT molecular complexity index is 818. The van der Waals surface area contributed by atoms with Crippen molar-refractivity contribution in [2.24, 2.45) is 0 Å². The van der Waals surface area contributed by atoms with Gasteiger partial charge in [-0.3, -0.25) is 14.9 Å². The van der Waals surface area contributed by atoms with Crippen molar-refractivity contribution in [1.29, 1.82) is 0 Å². The minimum atomic E-state index is -0.898. The smallest absolute Gasteiger partial charge is 0.314 e. The number of hydrogen-bond acceptors (Lipinski definition) is 5. The normalized spacial score (nSPS) is 11.8. The second-order valence-electron chi connectivity index (χ2n) is 5.79. The molecule has 1 unspecified atom stereocenters. The molecule has 2 N–H and O–H groups in total. The van der Waals surface area contributed by atoms with Gasteiger partial charge in [-0.25, -0.2) is 4.98 Å². The number of aromatic nitrogens is 1. The van der Waals surface area contributed by atoms with Crippen LogP contribution in [0.4, 0.5) is 17.2 Å². The van der Waals surface area contributed by atoms with E-state index in [0.717, 1.165) is 5.56 Å². The molecule has 0 aliphatic heterocycles. The topological polar surface area (TPSA) is 105 Å². The third kappa shape index (κ3) is 3.51. The largest absolute Gasteiger partial charge is 0.481 e. The quantitative estimate of drug-likeness (QED) is 0.637. The maximum atomic E-state index is 11.3. The Balaban J connectivity index is 2.41. The first-order chi connectivity index (χ1) is 11.2. The molecule has 7 nitrogen and oxygen atoms in total. The van der Waals surface area contributed by atoms with Crippen molar-refractivity contribution in [2.75, 3.05) is 5.32 Å². The molecule has 24 heavy (non-hydrogen) atoms. The van der Waals surface area contributed by atoms with Gasteiger partial charge in [0, 0.05) is 16.9 Å². The first kappa shape index (κ1) is 17.4. The molecule has 0 amide bonds. The maximum absolute atomic E-state index is 11.3. The van der Waals surface area contributed by atoms with Gasteiger partial charge in [0.2, 0.25) is 5.82 Å². The van der Waals surface area contributed by atoms with Gasteiger partial charge in [0.1, 0.15) is 0 Å². The highest BCUT2D eigenvalue weighted by molar-refractivity contribution is 5.77.